The molecule has 1 atom stereocenters. The molecule has 1 aliphatic rings. The van der Waals surface area contributed by atoms with Gasteiger partial charge in [-0.25, -0.2) is 4.68 Å². The molecular formula is C11H15N3O4. The number of amides is 1. The number of nitrogens with one attached hydrogen (secondary N) is 1. The van der Waals surface area contributed by atoms with Gasteiger partial charge in [-0.2, -0.15) is 5.10 Å². The van der Waals surface area contributed by atoms with Crippen LogP contribution in [-0.4, -0.2) is 46.2 Å². The van der Waals surface area contributed by atoms with Gasteiger partial charge in [0.05, 0.1) is 6.61 Å². The summed E-state index contributed by atoms with van der Waals surface area (Å²) in [6.45, 7) is 0.814. The van der Waals surface area contributed by atoms with Crippen LogP contribution >= 0.6 is 0 Å². The molecule has 1 aliphatic heterocycles. The molecule has 2 N–H and O–H groups in total. The number of aromatic nitrogens is 2. The summed E-state index contributed by atoms with van der Waals surface area (Å²) in [5.74, 6) is -0.425. The van der Waals surface area contributed by atoms with Crippen LogP contribution in [0, 0.1) is 0 Å². The number of carbonyl (C=O) groups is 1. The second-order valence-corrected chi connectivity index (χ2v) is 4.39. The van der Waals surface area contributed by atoms with Crippen molar-refractivity contribution in [3.8, 4) is 0 Å². The van der Waals surface area contributed by atoms with Gasteiger partial charge in [-0.05, 0) is 6.07 Å². The Morgan fingerprint density at radius 1 is 1.67 bits per heavy atom. The van der Waals surface area contributed by atoms with E-state index in [0.717, 1.165) is 4.68 Å². The van der Waals surface area contributed by atoms with E-state index in [1.165, 1.54) is 19.2 Å². The van der Waals surface area contributed by atoms with Crippen LogP contribution in [0.1, 0.15) is 16.9 Å². The van der Waals surface area contributed by atoms with Crippen LogP contribution in [-0.2, 0) is 11.8 Å². The molecule has 1 fully saturated rings. The van der Waals surface area contributed by atoms with E-state index in [9.17, 15) is 14.7 Å². The van der Waals surface area contributed by atoms with Crippen molar-refractivity contribution >= 4 is 5.91 Å². The zero-order chi connectivity index (χ0) is 13.2. The predicted molar refractivity (Wildman–Crippen MR) is 62.2 cm³/mol. The lowest BCUT2D eigenvalue weighted by atomic mass is 10.0. The maximum absolute atomic E-state index is 11.8. The number of aliphatic hydroxyl groups is 1. The van der Waals surface area contributed by atoms with Crippen LogP contribution in [0.25, 0.3) is 0 Å². The lowest BCUT2D eigenvalue weighted by Gasteiger charge is -2.20. The Kier molecular flexibility index (Phi) is 3.44. The molecule has 0 aromatic carbocycles. The molecule has 0 aliphatic carbocycles. The molecular weight excluding hydrogens is 238 g/mol. The van der Waals surface area contributed by atoms with Crippen molar-refractivity contribution in [3.05, 3.63) is 28.2 Å². The normalized spacial score (nSPS) is 23.0. The summed E-state index contributed by atoms with van der Waals surface area (Å²) in [5.41, 5.74) is -1.15. The molecule has 2 rings (SSSR count). The number of rotatable bonds is 3. The summed E-state index contributed by atoms with van der Waals surface area (Å²) in [7, 11) is 1.47. The van der Waals surface area contributed by atoms with Gasteiger partial charge in [-0.15, -0.1) is 0 Å². The highest BCUT2D eigenvalue weighted by molar-refractivity contribution is 5.92. The molecule has 0 bridgehead atoms. The Morgan fingerprint density at radius 2 is 2.44 bits per heavy atom. The van der Waals surface area contributed by atoms with Crippen molar-refractivity contribution in [1.82, 2.24) is 15.1 Å². The standard InChI is InChI=1S/C11H15N3O4/c1-14-9(15)3-2-8(13-14)10(16)12-6-11(17)4-5-18-7-11/h2-3,17H,4-7H2,1H3,(H,12,16). The number of hydrogen-bond acceptors (Lipinski definition) is 5. The van der Waals surface area contributed by atoms with Crippen LogP contribution < -0.4 is 10.9 Å². The molecule has 2 heterocycles. The molecule has 7 heteroatoms. The van der Waals surface area contributed by atoms with E-state index >= 15 is 0 Å². The number of ether oxygens (including phenoxy) is 1. The molecule has 18 heavy (non-hydrogen) atoms. The monoisotopic (exact) mass is 253 g/mol. The Morgan fingerprint density at radius 3 is 3.06 bits per heavy atom. The van der Waals surface area contributed by atoms with Gasteiger partial charge in [0.25, 0.3) is 11.5 Å². The van der Waals surface area contributed by atoms with Gasteiger partial charge in [-0.3, -0.25) is 9.59 Å². The minimum absolute atomic E-state index is 0.107. The third-order valence-electron chi connectivity index (χ3n) is 2.85. The highest BCUT2D eigenvalue weighted by atomic mass is 16.5. The van der Waals surface area contributed by atoms with Crippen molar-refractivity contribution in [1.29, 1.82) is 0 Å². The van der Waals surface area contributed by atoms with Crippen molar-refractivity contribution in [3.63, 3.8) is 0 Å². The van der Waals surface area contributed by atoms with Crippen molar-refractivity contribution in [2.75, 3.05) is 19.8 Å². The molecule has 0 saturated carbocycles. The van der Waals surface area contributed by atoms with E-state index in [1.807, 2.05) is 0 Å². The zero-order valence-electron chi connectivity index (χ0n) is 10.0. The molecule has 1 amide bonds. The molecule has 1 aromatic heterocycles. The lowest BCUT2D eigenvalue weighted by Crippen LogP contribution is -2.43. The first kappa shape index (κ1) is 12.7. The molecule has 98 valence electrons. The molecule has 1 saturated heterocycles. The number of nitrogens with zero attached hydrogens (tertiary/aromatic N) is 2. The minimum Gasteiger partial charge on any atom is -0.386 e. The van der Waals surface area contributed by atoms with E-state index in [4.69, 9.17) is 4.74 Å². The largest absolute Gasteiger partial charge is 0.386 e. The lowest BCUT2D eigenvalue weighted by molar-refractivity contribution is 0.0264. The number of aryl methyl sites for hydroxylation is 1. The Labute approximate surface area is 103 Å². The van der Waals surface area contributed by atoms with Gasteiger partial charge < -0.3 is 15.2 Å². The fourth-order valence-corrected chi connectivity index (χ4v) is 1.69. The fraction of sp³-hybridized carbons (Fsp3) is 0.545. The Bertz CT molecular complexity index is 505. The van der Waals surface area contributed by atoms with E-state index in [-0.39, 0.29) is 24.4 Å². The summed E-state index contributed by atoms with van der Waals surface area (Å²) in [5, 5.41) is 16.4. The van der Waals surface area contributed by atoms with E-state index in [1.54, 1.807) is 0 Å². The first-order valence-electron chi connectivity index (χ1n) is 5.63. The van der Waals surface area contributed by atoms with Gasteiger partial charge in [-0.1, -0.05) is 0 Å². The summed E-state index contributed by atoms with van der Waals surface area (Å²) < 4.78 is 6.16. The van der Waals surface area contributed by atoms with Gasteiger partial charge in [0.1, 0.15) is 11.3 Å². The fourth-order valence-electron chi connectivity index (χ4n) is 1.69. The van der Waals surface area contributed by atoms with Gasteiger partial charge >= 0.3 is 0 Å². The van der Waals surface area contributed by atoms with Gasteiger partial charge in [0.15, 0.2) is 0 Å². The first-order chi connectivity index (χ1) is 8.50. The predicted octanol–water partition coefficient (Wildman–Crippen LogP) is -1.34. The maximum Gasteiger partial charge on any atom is 0.271 e. The topological polar surface area (TPSA) is 93.5 Å². The smallest absolute Gasteiger partial charge is 0.271 e. The van der Waals surface area contributed by atoms with Crippen molar-refractivity contribution < 1.29 is 14.6 Å². The molecule has 1 unspecified atom stereocenters. The minimum atomic E-state index is -1.00. The number of carbonyl (C=O) groups excluding carboxylic acids is 1. The van der Waals surface area contributed by atoms with E-state index in [2.05, 4.69) is 10.4 Å². The van der Waals surface area contributed by atoms with Crippen molar-refractivity contribution in [2.24, 2.45) is 7.05 Å². The first-order valence-corrected chi connectivity index (χ1v) is 5.63. The molecule has 0 spiro atoms. The zero-order valence-corrected chi connectivity index (χ0v) is 10.0. The Balaban J connectivity index is 1.99. The average Bonchev–Trinajstić information content (AvgIpc) is 2.77. The quantitative estimate of drug-likeness (QED) is 0.695. The van der Waals surface area contributed by atoms with Crippen LogP contribution in [0.15, 0.2) is 16.9 Å². The highest BCUT2D eigenvalue weighted by Crippen LogP contribution is 2.16. The summed E-state index contributed by atoms with van der Waals surface area (Å²) >= 11 is 0. The van der Waals surface area contributed by atoms with Crippen LogP contribution in [0.5, 0.6) is 0 Å². The van der Waals surface area contributed by atoms with Gasteiger partial charge in [0, 0.05) is 32.7 Å². The summed E-state index contributed by atoms with van der Waals surface area (Å²) in [6.07, 6.45) is 0.494. The second-order valence-electron chi connectivity index (χ2n) is 4.39. The molecule has 7 nitrogen and oxygen atoms in total. The average molecular weight is 253 g/mol. The van der Waals surface area contributed by atoms with E-state index < -0.39 is 11.5 Å². The Hall–Kier alpha value is -1.73. The van der Waals surface area contributed by atoms with Crippen LogP contribution in [0.2, 0.25) is 0 Å². The third-order valence-corrected chi connectivity index (χ3v) is 2.85. The molecule has 0 radical (unpaired) electrons. The summed E-state index contributed by atoms with van der Waals surface area (Å²) in [6, 6.07) is 2.63. The summed E-state index contributed by atoms with van der Waals surface area (Å²) in [4.78, 5) is 22.9. The third kappa shape index (κ3) is 2.74. The van der Waals surface area contributed by atoms with Crippen LogP contribution in [0.3, 0.4) is 0 Å². The highest BCUT2D eigenvalue weighted by Gasteiger charge is 2.32. The van der Waals surface area contributed by atoms with E-state index in [0.29, 0.717) is 13.0 Å². The maximum atomic E-state index is 11.8. The van der Waals surface area contributed by atoms with Crippen LogP contribution in [0.4, 0.5) is 0 Å². The number of hydrogen-bond donors (Lipinski definition) is 2. The molecule has 1 aromatic rings. The van der Waals surface area contributed by atoms with Gasteiger partial charge in [0.2, 0.25) is 0 Å². The SMILES string of the molecule is Cn1nc(C(=O)NCC2(O)CCOC2)ccc1=O. The second kappa shape index (κ2) is 4.87. The van der Waals surface area contributed by atoms with Crippen molar-refractivity contribution in [2.45, 2.75) is 12.0 Å².